The molecular formula is C15H14N2O5. The first-order chi connectivity index (χ1) is 10.5. The maximum absolute atomic E-state index is 12.4. The van der Waals surface area contributed by atoms with Gasteiger partial charge in [0.15, 0.2) is 0 Å². The Labute approximate surface area is 125 Å². The molecule has 0 unspecified atom stereocenters. The highest BCUT2D eigenvalue weighted by molar-refractivity contribution is 5.97. The second-order valence-corrected chi connectivity index (χ2v) is 5.27. The van der Waals surface area contributed by atoms with Crippen molar-refractivity contribution in [1.29, 1.82) is 0 Å². The van der Waals surface area contributed by atoms with E-state index < -0.39 is 41.8 Å². The van der Waals surface area contributed by atoms with E-state index in [-0.39, 0.29) is 0 Å². The summed E-state index contributed by atoms with van der Waals surface area (Å²) in [5.41, 5.74) is 5.93. The molecule has 4 atom stereocenters. The summed E-state index contributed by atoms with van der Waals surface area (Å²) >= 11 is 0. The molecule has 2 aliphatic rings. The van der Waals surface area contributed by atoms with Crippen molar-refractivity contribution < 1.29 is 24.2 Å². The van der Waals surface area contributed by atoms with Crippen molar-refractivity contribution in [2.45, 2.75) is 12.2 Å². The number of carboxylic acid groups (broad SMARTS) is 1. The lowest BCUT2D eigenvalue weighted by Crippen LogP contribution is -2.39. The number of rotatable bonds is 4. The molecule has 4 N–H and O–H groups in total. The highest BCUT2D eigenvalue weighted by Crippen LogP contribution is 2.39. The average Bonchev–Trinajstić information content (AvgIpc) is 3.08. The maximum atomic E-state index is 12.4. The van der Waals surface area contributed by atoms with Gasteiger partial charge in [0, 0.05) is 11.3 Å². The Balaban J connectivity index is 1.75. The minimum Gasteiger partial charge on any atom is -0.481 e. The zero-order valence-electron chi connectivity index (χ0n) is 11.4. The quantitative estimate of drug-likeness (QED) is 0.695. The molecule has 2 bridgehead atoms. The molecular weight excluding hydrogens is 288 g/mol. The summed E-state index contributed by atoms with van der Waals surface area (Å²) in [6.07, 6.45) is 2.31. The maximum Gasteiger partial charge on any atom is 0.310 e. The summed E-state index contributed by atoms with van der Waals surface area (Å²) in [6, 6.07) is 6.06. The van der Waals surface area contributed by atoms with Gasteiger partial charge >= 0.3 is 5.97 Å². The van der Waals surface area contributed by atoms with E-state index in [4.69, 9.17) is 10.5 Å². The number of aliphatic carboxylic acids is 1. The fourth-order valence-electron chi connectivity index (χ4n) is 2.86. The number of hydrogen-bond donors (Lipinski definition) is 3. The van der Waals surface area contributed by atoms with Gasteiger partial charge in [-0.05, 0) is 24.3 Å². The predicted octanol–water partition coefficient (Wildman–Crippen LogP) is 0.378. The van der Waals surface area contributed by atoms with Gasteiger partial charge in [0.2, 0.25) is 11.8 Å². The van der Waals surface area contributed by atoms with Gasteiger partial charge in [-0.2, -0.15) is 0 Å². The van der Waals surface area contributed by atoms with Gasteiger partial charge in [0.05, 0.1) is 18.1 Å². The first kappa shape index (κ1) is 14.3. The van der Waals surface area contributed by atoms with Crippen LogP contribution in [0.1, 0.15) is 10.4 Å². The van der Waals surface area contributed by atoms with E-state index in [9.17, 15) is 19.5 Å². The normalized spacial score (nSPS) is 28.5. The summed E-state index contributed by atoms with van der Waals surface area (Å²) in [4.78, 5) is 34.7. The van der Waals surface area contributed by atoms with E-state index in [1.54, 1.807) is 12.2 Å². The lowest BCUT2D eigenvalue weighted by Gasteiger charge is -2.21. The van der Waals surface area contributed by atoms with Crippen molar-refractivity contribution >= 4 is 23.5 Å². The molecule has 3 rings (SSSR count). The van der Waals surface area contributed by atoms with E-state index in [0.717, 1.165) is 0 Å². The van der Waals surface area contributed by atoms with Crippen LogP contribution >= 0.6 is 0 Å². The number of ether oxygens (including phenoxy) is 1. The Morgan fingerprint density at radius 1 is 1.05 bits per heavy atom. The second-order valence-electron chi connectivity index (χ2n) is 5.27. The zero-order valence-corrected chi connectivity index (χ0v) is 11.4. The molecule has 0 aromatic heterocycles. The molecule has 0 spiro atoms. The molecule has 7 nitrogen and oxygen atoms in total. The summed E-state index contributed by atoms with van der Waals surface area (Å²) in [5.74, 6) is -3.70. The molecule has 1 aromatic carbocycles. The Morgan fingerprint density at radius 2 is 1.64 bits per heavy atom. The van der Waals surface area contributed by atoms with Gasteiger partial charge in [-0.3, -0.25) is 14.4 Å². The number of fused-ring (bicyclic) bond motifs is 2. The van der Waals surface area contributed by atoms with Gasteiger partial charge in [-0.1, -0.05) is 12.2 Å². The van der Waals surface area contributed by atoms with Gasteiger partial charge in [0.1, 0.15) is 5.92 Å². The van der Waals surface area contributed by atoms with E-state index in [1.807, 2.05) is 0 Å². The first-order valence-electron chi connectivity index (χ1n) is 6.74. The topological polar surface area (TPSA) is 119 Å². The van der Waals surface area contributed by atoms with Gasteiger partial charge in [-0.15, -0.1) is 0 Å². The number of carbonyl (C=O) groups excluding carboxylic acids is 2. The van der Waals surface area contributed by atoms with Crippen LogP contribution in [0.3, 0.4) is 0 Å². The zero-order chi connectivity index (χ0) is 15.9. The van der Waals surface area contributed by atoms with Gasteiger partial charge < -0.3 is 20.9 Å². The smallest absolute Gasteiger partial charge is 0.310 e. The molecule has 2 aliphatic heterocycles. The Kier molecular flexibility index (Phi) is 3.42. The molecule has 7 heteroatoms. The van der Waals surface area contributed by atoms with E-state index in [2.05, 4.69) is 5.32 Å². The molecule has 0 radical (unpaired) electrons. The van der Waals surface area contributed by atoms with Crippen LogP contribution in [0.5, 0.6) is 0 Å². The lowest BCUT2D eigenvalue weighted by molar-refractivity contribution is -0.145. The minimum atomic E-state index is -1.05. The van der Waals surface area contributed by atoms with Crippen molar-refractivity contribution in [2.75, 3.05) is 5.32 Å². The van der Waals surface area contributed by atoms with Crippen LogP contribution in [-0.2, 0) is 14.3 Å². The summed E-state index contributed by atoms with van der Waals surface area (Å²) in [5, 5.41) is 11.9. The predicted molar refractivity (Wildman–Crippen MR) is 76.0 cm³/mol. The lowest BCUT2D eigenvalue weighted by atomic mass is 9.82. The van der Waals surface area contributed by atoms with Crippen LogP contribution in [0.25, 0.3) is 0 Å². The highest BCUT2D eigenvalue weighted by Gasteiger charge is 2.53. The summed E-state index contributed by atoms with van der Waals surface area (Å²) in [6.45, 7) is 0. The molecule has 1 fully saturated rings. The molecule has 0 saturated carbocycles. The van der Waals surface area contributed by atoms with E-state index >= 15 is 0 Å². The number of anilines is 1. The fraction of sp³-hybridized carbons (Fsp3) is 0.267. The molecule has 1 saturated heterocycles. The third kappa shape index (κ3) is 2.35. The van der Waals surface area contributed by atoms with Crippen molar-refractivity contribution in [1.82, 2.24) is 0 Å². The number of nitrogens with two attached hydrogens (primary N) is 1. The van der Waals surface area contributed by atoms with Crippen molar-refractivity contribution in [3.8, 4) is 0 Å². The fourth-order valence-corrected chi connectivity index (χ4v) is 2.86. The monoisotopic (exact) mass is 302 g/mol. The Hall–Kier alpha value is -2.67. The van der Waals surface area contributed by atoms with E-state index in [0.29, 0.717) is 11.3 Å². The molecule has 2 amide bonds. The molecule has 114 valence electrons. The van der Waals surface area contributed by atoms with Crippen LogP contribution < -0.4 is 11.1 Å². The number of hydrogen-bond acceptors (Lipinski definition) is 4. The summed E-state index contributed by atoms with van der Waals surface area (Å²) < 4.78 is 5.45. The van der Waals surface area contributed by atoms with Crippen LogP contribution in [-0.4, -0.2) is 35.1 Å². The van der Waals surface area contributed by atoms with Crippen molar-refractivity contribution in [3.05, 3.63) is 42.0 Å². The van der Waals surface area contributed by atoms with Crippen LogP contribution in [0, 0.1) is 11.8 Å². The summed E-state index contributed by atoms with van der Waals surface area (Å²) in [7, 11) is 0. The van der Waals surface area contributed by atoms with Crippen molar-refractivity contribution in [2.24, 2.45) is 17.6 Å². The standard InChI is InChI=1S/C15H14N2O5/c16-13(18)7-1-3-8(4-2-7)17-14(19)11-9-5-6-10(22-9)12(11)15(20)21/h1-6,9-12H,(H2,16,18)(H,17,19)(H,20,21)/t9-,10-,11+,12-/m0/s1. The molecule has 1 aromatic rings. The largest absolute Gasteiger partial charge is 0.481 e. The Morgan fingerprint density at radius 3 is 2.18 bits per heavy atom. The minimum absolute atomic E-state index is 0.326. The second kappa shape index (κ2) is 5.27. The number of primary amides is 1. The Bertz CT molecular complexity index is 667. The SMILES string of the molecule is NC(=O)c1ccc(NC(=O)[C@H]2[C@@H](C(=O)O)[C@@H]3C=C[C@@H]2O3)cc1. The number of carboxylic acids is 1. The third-order valence-electron chi connectivity index (χ3n) is 3.92. The average molecular weight is 302 g/mol. The number of nitrogens with one attached hydrogen (secondary N) is 1. The first-order valence-corrected chi connectivity index (χ1v) is 6.74. The van der Waals surface area contributed by atoms with Crippen molar-refractivity contribution in [3.63, 3.8) is 0 Å². The number of amides is 2. The number of benzene rings is 1. The molecule has 2 heterocycles. The van der Waals surface area contributed by atoms with Crippen LogP contribution in [0.15, 0.2) is 36.4 Å². The molecule has 22 heavy (non-hydrogen) atoms. The third-order valence-corrected chi connectivity index (χ3v) is 3.92. The van der Waals surface area contributed by atoms with Gasteiger partial charge in [0.25, 0.3) is 0 Å². The number of carbonyl (C=O) groups is 3. The van der Waals surface area contributed by atoms with Crippen LogP contribution in [0.4, 0.5) is 5.69 Å². The van der Waals surface area contributed by atoms with Crippen LogP contribution in [0.2, 0.25) is 0 Å². The van der Waals surface area contributed by atoms with E-state index in [1.165, 1.54) is 24.3 Å². The van der Waals surface area contributed by atoms with Gasteiger partial charge in [-0.25, -0.2) is 0 Å². The molecule has 0 aliphatic carbocycles. The highest BCUT2D eigenvalue weighted by atomic mass is 16.5.